The highest BCUT2D eigenvalue weighted by molar-refractivity contribution is 5.96. The van der Waals surface area contributed by atoms with Crippen LogP contribution in [-0.2, 0) is 11.3 Å². The number of amides is 1. The molecule has 8 rings (SSSR count). The summed E-state index contributed by atoms with van der Waals surface area (Å²) in [6.07, 6.45) is 11.6. The number of ether oxygens (including phenoxy) is 1. The third-order valence-electron chi connectivity index (χ3n) is 9.42. The fourth-order valence-corrected chi connectivity index (χ4v) is 6.93. The fraction of sp³-hybridized carbons (Fsp3) is 0.382. The molecule has 5 aromatic rings. The predicted molar refractivity (Wildman–Crippen MR) is 177 cm³/mol. The number of pyridine rings is 1. The topological polar surface area (TPSA) is 115 Å². The van der Waals surface area contributed by atoms with E-state index in [1.54, 1.807) is 32.6 Å². The van der Waals surface area contributed by atoms with E-state index in [4.69, 9.17) is 14.7 Å². The van der Waals surface area contributed by atoms with Gasteiger partial charge in [-0.3, -0.25) is 14.5 Å². The van der Waals surface area contributed by atoms with Crippen LogP contribution in [0.5, 0.6) is 5.75 Å². The zero-order chi connectivity index (χ0) is 31.4. The monoisotopic (exact) mass is 619 g/mol. The molecule has 1 aromatic carbocycles. The number of nitrogens with one attached hydrogen (secondary N) is 1. The van der Waals surface area contributed by atoms with Gasteiger partial charge in [-0.2, -0.15) is 4.98 Å². The molecule has 12 nitrogen and oxygen atoms in total. The van der Waals surface area contributed by atoms with Gasteiger partial charge in [0, 0.05) is 60.7 Å². The molecule has 0 radical (unpaired) electrons. The summed E-state index contributed by atoms with van der Waals surface area (Å²) in [5.74, 6) is 1.70. The summed E-state index contributed by atoms with van der Waals surface area (Å²) in [4.78, 5) is 44.8. The maximum atomic E-state index is 13.6. The van der Waals surface area contributed by atoms with E-state index in [0.717, 1.165) is 49.8 Å². The van der Waals surface area contributed by atoms with Crippen LogP contribution in [0.4, 0.5) is 17.5 Å². The molecule has 12 heteroatoms. The quantitative estimate of drug-likeness (QED) is 0.286. The van der Waals surface area contributed by atoms with E-state index in [1.807, 2.05) is 18.2 Å². The first-order valence-electron chi connectivity index (χ1n) is 16.1. The van der Waals surface area contributed by atoms with Gasteiger partial charge in [0.2, 0.25) is 5.95 Å². The Morgan fingerprint density at radius 1 is 1.00 bits per heavy atom. The zero-order valence-electron chi connectivity index (χ0n) is 26.1. The van der Waals surface area contributed by atoms with E-state index < -0.39 is 0 Å². The van der Waals surface area contributed by atoms with Gasteiger partial charge in [0.05, 0.1) is 6.54 Å². The number of benzene rings is 1. The van der Waals surface area contributed by atoms with Gasteiger partial charge in [0.15, 0.2) is 29.6 Å². The molecule has 1 N–H and O–H groups in total. The first-order valence-corrected chi connectivity index (χ1v) is 16.1. The van der Waals surface area contributed by atoms with Crippen molar-refractivity contribution < 1.29 is 9.53 Å². The number of allylic oxidation sites excluding steroid dienone is 2. The van der Waals surface area contributed by atoms with E-state index >= 15 is 0 Å². The second-order valence-electron chi connectivity index (χ2n) is 12.6. The maximum absolute atomic E-state index is 13.6. The van der Waals surface area contributed by atoms with Gasteiger partial charge in [-0.25, -0.2) is 19.3 Å². The van der Waals surface area contributed by atoms with Crippen LogP contribution in [0, 0.1) is 0 Å². The van der Waals surface area contributed by atoms with Crippen LogP contribution in [-0.4, -0.2) is 72.0 Å². The summed E-state index contributed by atoms with van der Waals surface area (Å²) in [5.41, 5.74) is 2.28. The largest absolute Gasteiger partial charge is 0.480 e. The number of carbonyl (C=O) groups is 1. The van der Waals surface area contributed by atoms with Crippen molar-refractivity contribution in [2.24, 2.45) is 0 Å². The molecule has 2 bridgehead atoms. The highest BCUT2D eigenvalue weighted by atomic mass is 16.5. The predicted octanol–water partition coefficient (Wildman–Crippen LogP) is 4.80. The third kappa shape index (κ3) is 4.93. The lowest BCUT2D eigenvalue weighted by Gasteiger charge is -2.35. The SMILES string of the molecule is CC(C)N1CCC(n2ccc3cc(Nc4ncc5c(=O)n6n(c5n4)-c4ccc5c(n4)N(CCC/C=C\C6)C(=O)CO5)ccc32)CC1. The number of likely N-dealkylation sites (tertiary alicyclic amines) is 1. The molecule has 0 atom stereocenters. The Kier molecular flexibility index (Phi) is 7.08. The molecule has 1 amide bonds. The number of rotatable bonds is 4. The van der Waals surface area contributed by atoms with E-state index in [-0.39, 0.29) is 18.1 Å². The molecule has 3 aliphatic rings. The number of carbonyl (C=O) groups excluding carboxylic acids is 1. The molecular formula is C34H37N9O3. The fourth-order valence-electron chi connectivity index (χ4n) is 6.93. The van der Waals surface area contributed by atoms with Crippen LogP contribution in [0.3, 0.4) is 0 Å². The summed E-state index contributed by atoms with van der Waals surface area (Å²) in [6, 6.07) is 13.2. The molecule has 1 saturated heterocycles. The number of hydrogen-bond donors (Lipinski definition) is 1. The number of piperidine rings is 1. The van der Waals surface area contributed by atoms with E-state index in [0.29, 0.717) is 59.5 Å². The Morgan fingerprint density at radius 3 is 2.72 bits per heavy atom. The molecule has 0 aliphatic carbocycles. The molecule has 0 unspecified atom stereocenters. The summed E-state index contributed by atoms with van der Waals surface area (Å²) in [6.45, 7) is 7.65. The number of hydrogen-bond acceptors (Lipinski definition) is 8. The van der Waals surface area contributed by atoms with E-state index in [9.17, 15) is 9.59 Å². The average molecular weight is 620 g/mol. The number of fused-ring (bicyclic) bond motifs is 6. The number of aromatic nitrogens is 6. The van der Waals surface area contributed by atoms with Crippen LogP contribution in [0.1, 0.15) is 45.6 Å². The average Bonchev–Trinajstić information content (AvgIpc) is 3.60. The smallest absolute Gasteiger partial charge is 0.278 e. The van der Waals surface area contributed by atoms with Gasteiger partial charge in [-0.1, -0.05) is 12.2 Å². The van der Waals surface area contributed by atoms with Gasteiger partial charge >= 0.3 is 0 Å². The second kappa shape index (κ2) is 11.4. The highest BCUT2D eigenvalue weighted by Gasteiger charge is 2.29. The van der Waals surface area contributed by atoms with Crippen LogP contribution in [0.15, 0.2) is 65.7 Å². The first kappa shape index (κ1) is 28.5. The number of anilines is 3. The lowest BCUT2D eigenvalue weighted by molar-refractivity contribution is -0.121. The van der Waals surface area contributed by atoms with E-state index in [1.165, 1.54) is 5.52 Å². The Hall–Kier alpha value is -4.97. The van der Waals surface area contributed by atoms with Crippen LogP contribution >= 0.6 is 0 Å². The van der Waals surface area contributed by atoms with Crippen LogP contribution < -0.4 is 20.5 Å². The second-order valence-corrected chi connectivity index (χ2v) is 12.6. The molecule has 1 fully saturated rings. The lowest BCUT2D eigenvalue weighted by Crippen LogP contribution is -2.40. The molecule has 46 heavy (non-hydrogen) atoms. The van der Waals surface area contributed by atoms with Crippen molar-refractivity contribution in [2.45, 2.75) is 58.2 Å². The zero-order valence-corrected chi connectivity index (χ0v) is 26.1. The van der Waals surface area contributed by atoms with Gasteiger partial charge in [0.1, 0.15) is 5.39 Å². The Morgan fingerprint density at radius 2 is 1.87 bits per heavy atom. The van der Waals surface area contributed by atoms with Crippen molar-refractivity contribution in [1.29, 1.82) is 0 Å². The third-order valence-corrected chi connectivity index (χ3v) is 9.42. The molecular weight excluding hydrogens is 582 g/mol. The Balaban J connectivity index is 1.14. The van der Waals surface area contributed by atoms with Crippen molar-refractivity contribution in [3.8, 4) is 11.6 Å². The van der Waals surface area contributed by atoms with Crippen molar-refractivity contribution >= 4 is 45.3 Å². The number of nitrogens with zero attached hydrogens (tertiary/aromatic N) is 8. The summed E-state index contributed by atoms with van der Waals surface area (Å²) in [5, 5.41) is 4.89. The molecule has 0 spiro atoms. The van der Waals surface area contributed by atoms with Crippen molar-refractivity contribution in [2.75, 3.05) is 36.5 Å². The summed E-state index contributed by atoms with van der Waals surface area (Å²) >= 11 is 0. The van der Waals surface area contributed by atoms with Crippen molar-refractivity contribution in [3.63, 3.8) is 0 Å². The van der Waals surface area contributed by atoms with Crippen molar-refractivity contribution in [1.82, 2.24) is 33.8 Å². The minimum absolute atomic E-state index is 0.0165. The molecule has 3 aliphatic heterocycles. The molecule has 0 saturated carbocycles. The first-order chi connectivity index (χ1) is 22.4. The van der Waals surface area contributed by atoms with Gasteiger partial charge < -0.3 is 19.5 Å². The normalized spacial score (nSPS) is 18.3. The van der Waals surface area contributed by atoms with Crippen LogP contribution in [0.2, 0.25) is 0 Å². The van der Waals surface area contributed by atoms with Crippen molar-refractivity contribution in [3.05, 3.63) is 71.3 Å². The summed E-state index contributed by atoms with van der Waals surface area (Å²) in [7, 11) is 0. The summed E-state index contributed by atoms with van der Waals surface area (Å²) < 4.78 is 11.4. The highest BCUT2D eigenvalue weighted by Crippen LogP contribution is 2.33. The molecule has 236 valence electrons. The Labute approximate surface area is 265 Å². The minimum atomic E-state index is -0.214. The molecule has 4 aromatic heterocycles. The molecule has 7 heterocycles. The van der Waals surface area contributed by atoms with Crippen LogP contribution in [0.25, 0.3) is 27.8 Å². The van der Waals surface area contributed by atoms with Gasteiger partial charge in [0.25, 0.3) is 11.5 Å². The maximum Gasteiger partial charge on any atom is 0.278 e. The standard InChI is InChI=1S/C34H37N9O3/c1-22(2)39-16-12-25(13-17-39)40-18-11-23-19-24(7-8-27(23)40)36-34-35-20-26-31(38-34)43-29-10-9-28-32(37-29)41(30(44)21-46-28)14-5-3-4-6-15-42(43)33(26)45/h4,6-11,18-20,22,25H,3,5,12-17,21H2,1-2H3,(H,35,36,38)/b6-4-. The minimum Gasteiger partial charge on any atom is -0.480 e. The Bertz CT molecular complexity index is 2050. The lowest BCUT2D eigenvalue weighted by atomic mass is 10.0. The van der Waals surface area contributed by atoms with E-state index in [2.05, 4.69) is 58.0 Å². The van der Waals surface area contributed by atoms with Gasteiger partial charge in [-0.15, -0.1) is 0 Å². The van der Waals surface area contributed by atoms with Gasteiger partial charge in [-0.05, 0) is 75.9 Å².